The Bertz CT molecular complexity index is 1220. The fourth-order valence-corrected chi connectivity index (χ4v) is 2.75. The van der Waals surface area contributed by atoms with Gasteiger partial charge >= 0.3 is 12.1 Å². The predicted octanol–water partition coefficient (Wildman–Crippen LogP) is 2.44. The van der Waals surface area contributed by atoms with Crippen molar-refractivity contribution in [1.82, 2.24) is 29.9 Å². The lowest BCUT2D eigenvalue weighted by molar-refractivity contribution is -0.199. The zero-order valence-corrected chi connectivity index (χ0v) is 15.2. The molecule has 3 N–H and O–H groups in total. The Morgan fingerprint density at radius 1 is 1.27 bits per heavy atom. The second-order valence-corrected chi connectivity index (χ2v) is 6.29. The van der Waals surface area contributed by atoms with Crippen molar-refractivity contribution in [3.63, 3.8) is 0 Å². The number of rotatable bonds is 5. The number of carbonyl (C=O) groups is 1. The Labute approximate surface area is 166 Å². The molecule has 0 saturated heterocycles. The van der Waals surface area contributed by atoms with Crippen molar-refractivity contribution >= 4 is 22.6 Å². The number of alkyl halides is 3. The fraction of sp³-hybridized carbons (Fsp3) is 0.167. The van der Waals surface area contributed by atoms with Crippen molar-refractivity contribution in [2.45, 2.75) is 12.6 Å². The van der Waals surface area contributed by atoms with Gasteiger partial charge in [0.1, 0.15) is 5.69 Å². The number of nitrogen functional groups attached to an aromatic ring is 1. The molecule has 0 saturated carbocycles. The quantitative estimate of drug-likeness (QED) is 0.377. The van der Waals surface area contributed by atoms with E-state index in [-0.39, 0.29) is 6.42 Å². The van der Waals surface area contributed by atoms with Gasteiger partial charge in [0.05, 0.1) is 18.3 Å². The molecule has 30 heavy (non-hydrogen) atoms. The smallest absolute Gasteiger partial charge is 0.459 e. The molecule has 4 rings (SSSR count). The standard InChI is InChI=1S/C18H14F3N7O2/c19-18(20,21)17(29)30-6-4-10-8-24-28(9-10)14-3-5-23-16(25-14)15-12-7-11(22)1-2-13(12)26-27-15/h1-3,5,7-9H,4,6,22H2,(H,26,27). The summed E-state index contributed by atoms with van der Waals surface area (Å²) < 4.78 is 42.1. The summed E-state index contributed by atoms with van der Waals surface area (Å²) in [5, 5.41) is 12.0. The highest BCUT2D eigenvalue weighted by molar-refractivity contribution is 5.93. The Hall–Kier alpha value is -3.96. The minimum absolute atomic E-state index is 0.0725. The Kier molecular flexibility index (Phi) is 4.82. The first-order valence-electron chi connectivity index (χ1n) is 8.66. The van der Waals surface area contributed by atoms with E-state index in [1.807, 2.05) is 0 Å². The number of hydrogen-bond donors (Lipinski definition) is 2. The molecule has 0 aliphatic carbocycles. The minimum Gasteiger partial charge on any atom is -0.459 e. The van der Waals surface area contributed by atoms with Crippen LogP contribution in [0.2, 0.25) is 0 Å². The average molecular weight is 417 g/mol. The molecule has 0 amide bonds. The minimum atomic E-state index is -5.01. The number of ether oxygens (including phenoxy) is 1. The zero-order chi connectivity index (χ0) is 21.3. The van der Waals surface area contributed by atoms with Gasteiger partial charge in [-0.3, -0.25) is 5.10 Å². The van der Waals surface area contributed by atoms with Crippen LogP contribution in [0.3, 0.4) is 0 Å². The SMILES string of the molecule is Nc1ccc2[nH]nc(-c3nccc(-n4cc(CCOC(=O)C(F)(F)F)cn4)n3)c2c1. The number of benzene rings is 1. The van der Waals surface area contributed by atoms with E-state index < -0.39 is 18.8 Å². The molecule has 0 atom stereocenters. The molecule has 3 heterocycles. The van der Waals surface area contributed by atoms with E-state index in [4.69, 9.17) is 5.73 Å². The second-order valence-electron chi connectivity index (χ2n) is 6.29. The van der Waals surface area contributed by atoms with Crippen molar-refractivity contribution in [1.29, 1.82) is 0 Å². The van der Waals surface area contributed by atoms with Gasteiger partial charge in [0.2, 0.25) is 0 Å². The fourth-order valence-electron chi connectivity index (χ4n) is 2.75. The third-order valence-corrected chi connectivity index (χ3v) is 4.17. The molecule has 3 aromatic heterocycles. The van der Waals surface area contributed by atoms with E-state index in [1.165, 1.54) is 17.1 Å². The zero-order valence-electron chi connectivity index (χ0n) is 15.2. The van der Waals surface area contributed by atoms with Crippen LogP contribution in [0.4, 0.5) is 18.9 Å². The molecule has 0 aliphatic rings. The normalized spacial score (nSPS) is 11.7. The summed E-state index contributed by atoms with van der Waals surface area (Å²) in [5.41, 5.74) is 8.29. The van der Waals surface area contributed by atoms with Gasteiger partial charge in [-0.05, 0) is 23.8 Å². The number of aromatic amines is 1. The molecule has 4 aromatic rings. The van der Waals surface area contributed by atoms with Crippen molar-refractivity contribution < 1.29 is 22.7 Å². The van der Waals surface area contributed by atoms with Gasteiger partial charge in [-0.1, -0.05) is 0 Å². The molecule has 0 fully saturated rings. The number of H-pyrrole nitrogens is 1. The largest absolute Gasteiger partial charge is 0.490 e. The van der Waals surface area contributed by atoms with Crippen LogP contribution in [0, 0.1) is 0 Å². The molecule has 154 valence electrons. The topological polar surface area (TPSA) is 125 Å². The molecule has 0 bridgehead atoms. The summed E-state index contributed by atoms with van der Waals surface area (Å²) in [7, 11) is 0. The van der Waals surface area contributed by atoms with E-state index in [1.54, 1.807) is 30.5 Å². The number of esters is 1. The second kappa shape index (κ2) is 7.46. The number of nitrogens with two attached hydrogens (primary N) is 1. The third kappa shape index (κ3) is 3.92. The van der Waals surface area contributed by atoms with E-state index in [0.717, 1.165) is 10.9 Å². The monoisotopic (exact) mass is 417 g/mol. The molecule has 12 heteroatoms. The van der Waals surface area contributed by atoms with Crippen LogP contribution in [0.1, 0.15) is 5.56 Å². The van der Waals surface area contributed by atoms with Crippen LogP contribution in [-0.2, 0) is 16.0 Å². The van der Waals surface area contributed by atoms with Crippen LogP contribution in [0.15, 0.2) is 42.9 Å². The number of halogens is 3. The highest BCUT2D eigenvalue weighted by Gasteiger charge is 2.40. The van der Waals surface area contributed by atoms with E-state index >= 15 is 0 Å². The van der Waals surface area contributed by atoms with E-state index in [2.05, 4.69) is 30.0 Å². The van der Waals surface area contributed by atoms with Crippen molar-refractivity contribution in [2.24, 2.45) is 0 Å². The molecule has 0 spiro atoms. The lowest BCUT2D eigenvalue weighted by Gasteiger charge is -2.06. The molecule has 0 unspecified atom stereocenters. The number of hydrogen-bond acceptors (Lipinski definition) is 7. The Morgan fingerprint density at radius 2 is 2.10 bits per heavy atom. The van der Waals surface area contributed by atoms with Gasteiger partial charge in [0.15, 0.2) is 11.6 Å². The molecule has 1 aromatic carbocycles. The van der Waals surface area contributed by atoms with E-state index in [9.17, 15) is 18.0 Å². The summed E-state index contributed by atoms with van der Waals surface area (Å²) in [5.74, 6) is -1.44. The summed E-state index contributed by atoms with van der Waals surface area (Å²) in [6.45, 7) is -0.417. The van der Waals surface area contributed by atoms with Crippen molar-refractivity contribution in [2.75, 3.05) is 12.3 Å². The van der Waals surface area contributed by atoms with Crippen LogP contribution >= 0.6 is 0 Å². The summed E-state index contributed by atoms with van der Waals surface area (Å²) in [6, 6.07) is 6.93. The number of fused-ring (bicyclic) bond motifs is 1. The first-order valence-corrected chi connectivity index (χ1v) is 8.66. The summed E-state index contributed by atoms with van der Waals surface area (Å²) in [6.07, 6.45) is -0.370. The van der Waals surface area contributed by atoms with E-state index in [0.29, 0.717) is 28.6 Å². The van der Waals surface area contributed by atoms with Gasteiger partial charge < -0.3 is 10.5 Å². The van der Waals surface area contributed by atoms with Crippen LogP contribution < -0.4 is 5.73 Å². The first kappa shape index (κ1) is 19.4. The van der Waals surface area contributed by atoms with Crippen molar-refractivity contribution in [3.8, 4) is 17.3 Å². The number of carbonyl (C=O) groups excluding carboxylic acids is 1. The number of aromatic nitrogens is 6. The van der Waals surface area contributed by atoms with Gasteiger partial charge in [0.25, 0.3) is 0 Å². The first-order chi connectivity index (χ1) is 14.3. The van der Waals surface area contributed by atoms with Gasteiger partial charge in [-0.2, -0.15) is 23.4 Å². The highest BCUT2D eigenvalue weighted by Crippen LogP contribution is 2.25. The highest BCUT2D eigenvalue weighted by atomic mass is 19.4. The Morgan fingerprint density at radius 3 is 2.90 bits per heavy atom. The summed E-state index contributed by atoms with van der Waals surface area (Å²) >= 11 is 0. The maximum atomic E-state index is 12.2. The number of anilines is 1. The van der Waals surface area contributed by atoms with Gasteiger partial charge in [-0.25, -0.2) is 19.4 Å². The average Bonchev–Trinajstić information content (AvgIpc) is 3.34. The predicted molar refractivity (Wildman–Crippen MR) is 99.4 cm³/mol. The molecular formula is C18H14F3N7O2. The maximum absolute atomic E-state index is 12.2. The number of nitrogens with zero attached hydrogens (tertiary/aromatic N) is 5. The molecule has 0 aliphatic heterocycles. The van der Waals surface area contributed by atoms with Gasteiger partial charge in [0, 0.05) is 36.0 Å². The number of nitrogens with one attached hydrogen (secondary N) is 1. The van der Waals surface area contributed by atoms with Crippen molar-refractivity contribution in [3.05, 3.63) is 48.4 Å². The lowest BCUT2D eigenvalue weighted by Crippen LogP contribution is -2.26. The summed E-state index contributed by atoms with van der Waals surface area (Å²) in [4.78, 5) is 19.4. The molecular weight excluding hydrogens is 403 g/mol. The molecule has 9 nitrogen and oxygen atoms in total. The van der Waals surface area contributed by atoms with Crippen LogP contribution in [0.25, 0.3) is 28.2 Å². The Balaban J connectivity index is 1.52. The maximum Gasteiger partial charge on any atom is 0.490 e. The third-order valence-electron chi connectivity index (χ3n) is 4.17. The van der Waals surface area contributed by atoms with Crippen LogP contribution in [0.5, 0.6) is 0 Å². The molecule has 0 radical (unpaired) electrons. The van der Waals surface area contributed by atoms with Crippen LogP contribution in [-0.4, -0.2) is 48.7 Å². The lowest BCUT2D eigenvalue weighted by atomic mass is 10.2. The van der Waals surface area contributed by atoms with Gasteiger partial charge in [-0.15, -0.1) is 0 Å².